The second kappa shape index (κ2) is 3.63. The Labute approximate surface area is 105 Å². The van der Waals surface area contributed by atoms with Crippen LogP contribution in [0.3, 0.4) is 0 Å². The van der Waals surface area contributed by atoms with Crippen LogP contribution in [0.1, 0.15) is 11.3 Å². The van der Waals surface area contributed by atoms with Crippen LogP contribution in [0.5, 0.6) is 0 Å². The van der Waals surface area contributed by atoms with Crippen molar-refractivity contribution in [3.8, 4) is 11.3 Å². The van der Waals surface area contributed by atoms with Gasteiger partial charge >= 0.3 is 0 Å². The Balaban J connectivity index is 2.43. The van der Waals surface area contributed by atoms with Crippen LogP contribution in [0.15, 0.2) is 28.8 Å². The minimum Gasteiger partial charge on any atom is -0.368 e. The minimum absolute atomic E-state index is 0.342. The third-order valence-corrected chi connectivity index (χ3v) is 3.49. The predicted octanol–water partition coefficient (Wildman–Crippen LogP) is 3.03. The molecule has 1 aromatic carbocycles. The number of nitrogens with zero attached hydrogens (tertiary/aromatic N) is 2. The van der Waals surface area contributed by atoms with Gasteiger partial charge in [0.25, 0.3) is 0 Å². The molecule has 0 bridgehead atoms. The van der Waals surface area contributed by atoms with Crippen molar-refractivity contribution in [3.63, 3.8) is 0 Å². The quantitative estimate of drug-likeness (QED) is 0.712. The lowest BCUT2D eigenvalue weighted by atomic mass is 10.1. The normalized spacial score (nSPS) is 11.3. The molecule has 0 aliphatic carbocycles. The van der Waals surface area contributed by atoms with E-state index in [1.165, 1.54) is 16.5 Å². The van der Waals surface area contributed by atoms with Crippen molar-refractivity contribution in [2.75, 3.05) is 5.73 Å². The fourth-order valence-corrected chi connectivity index (χ4v) is 2.57. The average molecular weight is 241 g/mol. The SMILES string of the molecule is Cc1cccc2c(-c3cc(N)on3)c(C)n(C)c12. The van der Waals surface area contributed by atoms with Crippen LogP contribution < -0.4 is 5.73 Å². The number of benzene rings is 1. The summed E-state index contributed by atoms with van der Waals surface area (Å²) in [5.41, 5.74) is 11.1. The summed E-state index contributed by atoms with van der Waals surface area (Å²) >= 11 is 0. The van der Waals surface area contributed by atoms with Gasteiger partial charge in [0.05, 0.1) is 5.52 Å². The van der Waals surface area contributed by atoms with Gasteiger partial charge in [0.2, 0.25) is 5.88 Å². The van der Waals surface area contributed by atoms with E-state index in [0.29, 0.717) is 5.88 Å². The van der Waals surface area contributed by atoms with Crippen LogP contribution in [-0.4, -0.2) is 9.72 Å². The number of hydrogen-bond donors (Lipinski definition) is 1. The van der Waals surface area contributed by atoms with E-state index in [2.05, 4.69) is 48.8 Å². The molecule has 0 fully saturated rings. The van der Waals surface area contributed by atoms with Gasteiger partial charge in [0, 0.05) is 29.8 Å². The predicted molar refractivity (Wildman–Crippen MR) is 72.3 cm³/mol. The van der Waals surface area contributed by atoms with Gasteiger partial charge in [-0.15, -0.1) is 0 Å². The molecule has 0 saturated heterocycles. The molecule has 4 heteroatoms. The number of hydrogen-bond acceptors (Lipinski definition) is 3. The van der Waals surface area contributed by atoms with Gasteiger partial charge in [-0.2, -0.15) is 0 Å². The summed E-state index contributed by atoms with van der Waals surface area (Å²) in [4.78, 5) is 0. The van der Waals surface area contributed by atoms with E-state index >= 15 is 0 Å². The topological polar surface area (TPSA) is 57.0 Å². The Morgan fingerprint density at radius 3 is 2.72 bits per heavy atom. The van der Waals surface area contributed by atoms with Crippen LogP contribution >= 0.6 is 0 Å². The number of fused-ring (bicyclic) bond motifs is 1. The fourth-order valence-electron chi connectivity index (χ4n) is 2.57. The van der Waals surface area contributed by atoms with E-state index in [1.807, 2.05) is 0 Å². The molecule has 0 aliphatic rings. The van der Waals surface area contributed by atoms with Gasteiger partial charge < -0.3 is 14.8 Å². The number of rotatable bonds is 1. The molecule has 0 spiro atoms. The highest BCUT2D eigenvalue weighted by Crippen LogP contribution is 2.35. The number of nitrogens with two attached hydrogens (primary N) is 1. The second-order valence-electron chi connectivity index (χ2n) is 4.61. The second-order valence-corrected chi connectivity index (χ2v) is 4.61. The maximum absolute atomic E-state index is 5.61. The zero-order chi connectivity index (χ0) is 12.9. The third kappa shape index (κ3) is 1.35. The van der Waals surface area contributed by atoms with Crippen LogP contribution in [0.4, 0.5) is 5.88 Å². The number of aryl methyl sites for hydroxylation is 2. The average Bonchev–Trinajstić information content (AvgIpc) is 2.84. The summed E-state index contributed by atoms with van der Waals surface area (Å²) in [6.07, 6.45) is 0. The summed E-state index contributed by atoms with van der Waals surface area (Å²) in [5, 5.41) is 5.21. The first kappa shape index (κ1) is 10.9. The van der Waals surface area contributed by atoms with Crippen molar-refractivity contribution in [2.24, 2.45) is 7.05 Å². The monoisotopic (exact) mass is 241 g/mol. The smallest absolute Gasteiger partial charge is 0.222 e. The first-order valence-corrected chi connectivity index (χ1v) is 5.86. The Kier molecular flexibility index (Phi) is 2.20. The summed E-state index contributed by atoms with van der Waals surface area (Å²) in [6, 6.07) is 8.05. The van der Waals surface area contributed by atoms with Crippen molar-refractivity contribution in [3.05, 3.63) is 35.5 Å². The van der Waals surface area contributed by atoms with Gasteiger partial charge in [-0.05, 0) is 19.4 Å². The maximum Gasteiger partial charge on any atom is 0.222 e. The van der Waals surface area contributed by atoms with Gasteiger partial charge in [-0.3, -0.25) is 0 Å². The van der Waals surface area contributed by atoms with E-state index in [4.69, 9.17) is 10.3 Å². The number of nitrogen functional groups attached to an aromatic ring is 1. The molecule has 0 radical (unpaired) electrons. The van der Waals surface area contributed by atoms with E-state index in [0.717, 1.165) is 17.0 Å². The van der Waals surface area contributed by atoms with Crippen molar-refractivity contribution in [1.29, 1.82) is 0 Å². The molecule has 0 unspecified atom stereocenters. The molecule has 0 atom stereocenters. The highest BCUT2D eigenvalue weighted by atomic mass is 16.5. The van der Waals surface area contributed by atoms with Crippen LogP contribution in [-0.2, 0) is 7.05 Å². The third-order valence-electron chi connectivity index (χ3n) is 3.49. The summed E-state index contributed by atoms with van der Waals surface area (Å²) in [7, 11) is 2.07. The fraction of sp³-hybridized carbons (Fsp3) is 0.214. The van der Waals surface area contributed by atoms with Crippen molar-refractivity contribution < 1.29 is 4.52 Å². The molecule has 3 rings (SSSR count). The zero-order valence-electron chi connectivity index (χ0n) is 10.7. The van der Waals surface area contributed by atoms with Crippen LogP contribution in [0.2, 0.25) is 0 Å². The lowest BCUT2D eigenvalue weighted by Gasteiger charge is -2.01. The molecular formula is C14H15N3O. The van der Waals surface area contributed by atoms with Crippen molar-refractivity contribution >= 4 is 16.8 Å². The van der Waals surface area contributed by atoms with Crippen molar-refractivity contribution in [2.45, 2.75) is 13.8 Å². The van der Waals surface area contributed by atoms with Gasteiger partial charge in [-0.1, -0.05) is 23.4 Å². The molecule has 92 valence electrons. The summed E-state index contributed by atoms with van der Waals surface area (Å²) < 4.78 is 7.17. The molecule has 2 heterocycles. The molecule has 0 aliphatic heterocycles. The summed E-state index contributed by atoms with van der Waals surface area (Å²) in [6.45, 7) is 4.20. The van der Waals surface area contributed by atoms with E-state index in [-0.39, 0.29) is 0 Å². The summed E-state index contributed by atoms with van der Waals surface area (Å²) in [5.74, 6) is 0.342. The molecule has 0 saturated carbocycles. The molecule has 18 heavy (non-hydrogen) atoms. The minimum atomic E-state index is 0.342. The van der Waals surface area contributed by atoms with Gasteiger partial charge in [0.15, 0.2) is 0 Å². The molecule has 0 amide bonds. The number of anilines is 1. The Bertz CT molecular complexity index is 737. The lowest BCUT2D eigenvalue weighted by molar-refractivity contribution is 0.439. The number of para-hydroxylation sites is 1. The Morgan fingerprint density at radius 1 is 1.28 bits per heavy atom. The van der Waals surface area contributed by atoms with Crippen molar-refractivity contribution in [1.82, 2.24) is 9.72 Å². The Hall–Kier alpha value is -2.23. The molecule has 2 aromatic heterocycles. The van der Waals surface area contributed by atoms with E-state index in [1.54, 1.807) is 6.07 Å². The highest BCUT2D eigenvalue weighted by Gasteiger charge is 2.17. The lowest BCUT2D eigenvalue weighted by Crippen LogP contribution is -1.92. The molecule has 3 aromatic rings. The maximum atomic E-state index is 5.61. The standard InChI is InChI=1S/C14H15N3O/c1-8-5-4-6-10-13(9(2)17(3)14(8)10)11-7-12(15)18-16-11/h4-7H,15H2,1-3H3. The molecular weight excluding hydrogens is 226 g/mol. The highest BCUT2D eigenvalue weighted by molar-refractivity contribution is 5.98. The number of aromatic nitrogens is 2. The van der Waals surface area contributed by atoms with E-state index in [9.17, 15) is 0 Å². The van der Waals surface area contributed by atoms with Crippen LogP contribution in [0, 0.1) is 13.8 Å². The molecule has 4 nitrogen and oxygen atoms in total. The van der Waals surface area contributed by atoms with Gasteiger partial charge in [0.1, 0.15) is 5.69 Å². The largest absolute Gasteiger partial charge is 0.368 e. The zero-order valence-corrected chi connectivity index (χ0v) is 10.7. The van der Waals surface area contributed by atoms with Gasteiger partial charge in [-0.25, -0.2) is 0 Å². The Morgan fingerprint density at radius 2 is 2.06 bits per heavy atom. The molecule has 2 N–H and O–H groups in total. The van der Waals surface area contributed by atoms with Crippen LogP contribution in [0.25, 0.3) is 22.2 Å². The first-order chi connectivity index (χ1) is 8.59. The van der Waals surface area contributed by atoms with E-state index < -0.39 is 0 Å². The first-order valence-electron chi connectivity index (χ1n) is 5.86.